The molecule has 0 saturated heterocycles. The number of nitrogens with two attached hydrogens (primary N) is 1. The fourth-order valence-electron chi connectivity index (χ4n) is 2.08. The number of rotatable bonds is 3. The Morgan fingerprint density at radius 3 is 2.58 bits per heavy atom. The number of anilines is 1. The number of aromatic nitrogens is 2. The maximum absolute atomic E-state index is 6.00. The molecule has 0 aliphatic rings. The molecule has 0 aliphatic heterocycles. The second-order valence-corrected chi connectivity index (χ2v) is 4.76. The molecule has 2 aromatic heterocycles. The summed E-state index contributed by atoms with van der Waals surface area (Å²) in [6.07, 6.45) is 0. The first-order valence-corrected chi connectivity index (χ1v) is 6.61. The molecule has 5 nitrogen and oxygen atoms in total. The van der Waals surface area contributed by atoms with Crippen molar-refractivity contribution in [3.63, 3.8) is 0 Å². The third-order valence-electron chi connectivity index (χ3n) is 2.95. The van der Waals surface area contributed by atoms with Gasteiger partial charge in [0.05, 0.1) is 30.9 Å². The molecule has 19 heavy (non-hydrogen) atoms. The van der Waals surface area contributed by atoms with Gasteiger partial charge in [0.15, 0.2) is 11.5 Å². The van der Waals surface area contributed by atoms with Crippen LogP contribution in [0.25, 0.3) is 16.7 Å². The average molecular weight is 275 g/mol. The molecular weight excluding hydrogens is 262 g/mol. The molecule has 3 aromatic rings. The van der Waals surface area contributed by atoms with Crippen molar-refractivity contribution in [2.24, 2.45) is 0 Å². The molecule has 98 valence electrons. The van der Waals surface area contributed by atoms with E-state index in [9.17, 15) is 0 Å². The zero-order chi connectivity index (χ0) is 13.4. The number of hydrogen-bond acceptors (Lipinski definition) is 5. The van der Waals surface area contributed by atoms with Crippen LogP contribution in [-0.4, -0.2) is 23.8 Å². The summed E-state index contributed by atoms with van der Waals surface area (Å²) in [4.78, 5) is 4.36. The number of benzene rings is 1. The highest BCUT2D eigenvalue weighted by atomic mass is 32.1. The molecule has 0 saturated carbocycles. The number of ether oxygens (including phenoxy) is 2. The minimum Gasteiger partial charge on any atom is -0.493 e. The monoisotopic (exact) mass is 275 g/mol. The van der Waals surface area contributed by atoms with Gasteiger partial charge in [-0.15, -0.1) is 0 Å². The molecule has 1 aromatic carbocycles. The second kappa shape index (κ2) is 4.47. The minimum absolute atomic E-state index is 0.448. The number of imidazole rings is 1. The van der Waals surface area contributed by atoms with Crippen molar-refractivity contribution in [1.82, 2.24) is 9.55 Å². The van der Waals surface area contributed by atoms with Crippen molar-refractivity contribution in [2.45, 2.75) is 0 Å². The summed E-state index contributed by atoms with van der Waals surface area (Å²) < 4.78 is 12.5. The Bertz CT molecular complexity index is 719. The fourth-order valence-corrected chi connectivity index (χ4v) is 2.70. The number of methoxy groups -OCH3 is 2. The number of hydrogen-bond donors (Lipinski definition) is 1. The predicted molar refractivity (Wildman–Crippen MR) is 76.5 cm³/mol. The molecule has 3 rings (SSSR count). The molecular formula is C13H13N3O2S. The van der Waals surface area contributed by atoms with Crippen LogP contribution in [0.15, 0.2) is 29.0 Å². The predicted octanol–water partition coefficient (Wildman–Crippen LogP) is 2.69. The van der Waals surface area contributed by atoms with E-state index in [1.165, 1.54) is 0 Å². The number of fused-ring (bicyclic) bond motifs is 1. The van der Waals surface area contributed by atoms with Crippen molar-refractivity contribution in [3.05, 3.63) is 29.0 Å². The van der Waals surface area contributed by atoms with Gasteiger partial charge in [0.25, 0.3) is 0 Å². The van der Waals surface area contributed by atoms with Crippen molar-refractivity contribution in [3.8, 4) is 17.2 Å². The summed E-state index contributed by atoms with van der Waals surface area (Å²) >= 11 is 1.61. The lowest BCUT2D eigenvalue weighted by Gasteiger charge is -2.08. The fraction of sp³-hybridized carbons (Fsp3) is 0.154. The normalized spacial score (nSPS) is 10.8. The van der Waals surface area contributed by atoms with E-state index in [1.54, 1.807) is 25.6 Å². The highest BCUT2D eigenvalue weighted by Crippen LogP contribution is 2.34. The summed E-state index contributed by atoms with van der Waals surface area (Å²) in [5.41, 5.74) is 8.68. The SMILES string of the molecule is COc1cc2nc(N)n(-c3ccsc3)c2cc1OC. The minimum atomic E-state index is 0.448. The van der Waals surface area contributed by atoms with Crippen molar-refractivity contribution >= 4 is 28.3 Å². The highest BCUT2D eigenvalue weighted by Gasteiger charge is 2.14. The largest absolute Gasteiger partial charge is 0.493 e. The van der Waals surface area contributed by atoms with Gasteiger partial charge in [-0.05, 0) is 11.4 Å². The van der Waals surface area contributed by atoms with E-state index in [4.69, 9.17) is 15.2 Å². The topological polar surface area (TPSA) is 62.3 Å². The van der Waals surface area contributed by atoms with Crippen LogP contribution in [0.4, 0.5) is 5.95 Å². The first-order chi connectivity index (χ1) is 9.24. The van der Waals surface area contributed by atoms with Gasteiger partial charge in [0.1, 0.15) is 0 Å². The van der Waals surface area contributed by atoms with Crippen LogP contribution in [0.5, 0.6) is 11.5 Å². The van der Waals surface area contributed by atoms with Gasteiger partial charge < -0.3 is 15.2 Å². The molecule has 2 N–H and O–H groups in total. The van der Waals surface area contributed by atoms with E-state index in [-0.39, 0.29) is 0 Å². The summed E-state index contributed by atoms with van der Waals surface area (Å²) in [5, 5.41) is 4.02. The van der Waals surface area contributed by atoms with Gasteiger partial charge in [-0.1, -0.05) is 0 Å². The first kappa shape index (κ1) is 11.9. The molecule has 6 heteroatoms. The second-order valence-electron chi connectivity index (χ2n) is 3.98. The molecule has 0 aliphatic carbocycles. The molecule has 0 unspecified atom stereocenters. The smallest absolute Gasteiger partial charge is 0.205 e. The van der Waals surface area contributed by atoms with Gasteiger partial charge >= 0.3 is 0 Å². The lowest BCUT2D eigenvalue weighted by atomic mass is 10.2. The van der Waals surface area contributed by atoms with Crippen LogP contribution in [0.2, 0.25) is 0 Å². The van der Waals surface area contributed by atoms with Crippen LogP contribution < -0.4 is 15.2 Å². The molecule has 0 fully saturated rings. The molecule has 2 heterocycles. The summed E-state index contributed by atoms with van der Waals surface area (Å²) in [5.74, 6) is 1.75. The Balaban J connectivity index is 2.31. The number of nitrogen functional groups attached to an aromatic ring is 1. The van der Waals surface area contributed by atoms with E-state index >= 15 is 0 Å². The molecule has 0 radical (unpaired) electrons. The standard InChI is InChI=1S/C13H13N3O2S/c1-17-11-5-9-10(6-12(11)18-2)16(13(14)15-9)8-3-4-19-7-8/h3-7H,1-2H3,(H2,14,15). The van der Waals surface area contributed by atoms with E-state index in [0.29, 0.717) is 17.4 Å². The van der Waals surface area contributed by atoms with E-state index in [0.717, 1.165) is 16.7 Å². The Hall–Kier alpha value is -2.21. The van der Waals surface area contributed by atoms with Crippen molar-refractivity contribution in [1.29, 1.82) is 0 Å². The lowest BCUT2D eigenvalue weighted by Crippen LogP contribution is -1.99. The van der Waals surface area contributed by atoms with Gasteiger partial charge in [-0.3, -0.25) is 4.57 Å². The van der Waals surface area contributed by atoms with Crippen LogP contribution in [0, 0.1) is 0 Å². The van der Waals surface area contributed by atoms with Crippen molar-refractivity contribution < 1.29 is 9.47 Å². The Morgan fingerprint density at radius 1 is 1.21 bits per heavy atom. The zero-order valence-electron chi connectivity index (χ0n) is 10.6. The summed E-state index contributed by atoms with van der Waals surface area (Å²) in [7, 11) is 3.21. The summed E-state index contributed by atoms with van der Waals surface area (Å²) in [6, 6.07) is 5.71. The third-order valence-corrected chi connectivity index (χ3v) is 3.62. The quantitative estimate of drug-likeness (QED) is 0.798. The van der Waals surface area contributed by atoms with Gasteiger partial charge in [0, 0.05) is 17.5 Å². The van der Waals surface area contributed by atoms with Gasteiger partial charge in [-0.2, -0.15) is 11.3 Å². The van der Waals surface area contributed by atoms with Crippen LogP contribution in [-0.2, 0) is 0 Å². The zero-order valence-corrected chi connectivity index (χ0v) is 11.4. The van der Waals surface area contributed by atoms with Crippen LogP contribution >= 0.6 is 11.3 Å². The number of thiophene rings is 1. The van der Waals surface area contributed by atoms with Gasteiger partial charge in [-0.25, -0.2) is 4.98 Å². The Morgan fingerprint density at radius 2 is 1.95 bits per heavy atom. The maximum atomic E-state index is 6.00. The maximum Gasteiger partial charge on any atom is 0.205 e. The Kier molecular flexibility index (Phi) is 2.79. The van der Waals surface area contributed by atoms with Crippen LogP contribution in [0.3, 0.4) is 0 Å². The molecule has 0 spiro atoms. The van der Waals surface area contributed by atoms with E-state index < -0.39 is 0 Å². The first-order valence-electron chi connectivity index (χ1n) is 5.67. The molecule has 0 bridgehead atoms. The summed E-state index contributed by atoms with van der Waals surface area (Å²) in [6.45, 7) is 0. The average Bonchev–Trinajstić information content (AvgIpc) is 3.02. The van der Waals surface area contributed by atoms with E-state index in [1.807, 2.05) is 33.5 Å². The lowest BCUT2D eigenvalue weighted by molar-refractivity contribution is 0.355. The Labute approximate surface area is 114 Å². The van der Waals surface area contributed by atoms with E-state index in [2.05, 4.69) is 4.98 Å². The number of nitrogens with zero attached hydrogens (tertiary/aromatic N) is 2. The molecule has 0 amide bonds. The third kappa shape index (κ3) is 1.80. The van der Waals surface area contributed by atoms with Crippen LogP contribution in [0.1, 0.15) is 0 Å². The molecule has 0 atom stereocenters. The highest BCUT2D eigenvalue weighted by molar-refractivity contribution is 7.08. The van der Waals surface area contributed by atoms with Gasteiger partial charge in [0.2, 0.25) is 5.95 Å². The van der Waals surface area contributed by atoms with Crippen molar-refractivity contribution in [2.75, 3.05) is 20.0 Å².